The van der Waals surface area contributed by atoms with Gasteiger partial charge in [0, 0.05) is 24.5 Å². The average molecular weight is 212 g/mol. The lowest BCUT2D eigenvalue weighted by atomic mass is 10.3. The predicted octanol–water partition coefficient (Wildman–Crippen LogP) is 1.70. The second kappa shape index (κ2) is 3.56. The number of hydrogen-bond acceptors (Lipinski definition) is 4. The highest BCUT2D eigenvalue weighted by atomic mass is 15.2. The molecule has 16 heavy (non-hydrogen) atoms. The van der Waals surface area contributed by atoms with Crippen LogP contribution < -0.4 is 4.90 Å². The summed E-state index contributed by atoms with van der Waals surface area (Å²) in [6.45, 7) is 3.76. The fourth-order valence-electron chi connectivity index (χ4n) is 1.96. The predicted molar refractivity (Wildman–Crippen MR) is 60.9 cm³/mol. The van der Waals surface area contributed by atoms with Crippen LogP contribution in [0.4, 0.5) is 5.82 Å². The summed E-state index contributed by atoms with van der Waals surface area (Å²) in [5.74, 6) is 1.01. The van der Waals surface area contributed by atoms with E-state index >= 15 is 0 Å². The molecule has 1 aliphatic heterocycles. The van der Waals surface area contributed by atoms with Crippen LogP contribution in [-0.2, 0) is 13.1 Å². The van der Waals surface area contributed by atoms with Crippen molar-refractivity contribution in [2.24, 2.45) is 0 Å². The third kappa shape index (κ3) is 1.52. The van der Waals surface area contributed by atoms with Gasteiger partial charge in [-0.3, -0.25) is 0 Å². The largest absolute Gasteiger partial charge is 0.346 e. The molecule has 0 atom stereocenters. The van der Waals surface area contributed by atoms with Crippen molar-refractivity contribution in [1.29, 1.82) is 0 Å². The minimum absolute atomic E-state index is 0.828. The lowest BCUT2D eigenvalue weighted by Crippen LogP contribution is -2.15. The van der Waals surface area contributed by atoms with Crippen molar-refractivity contribution in [3.63, 3.8) is 0 Å². The van der Waals surface area contributed by atoms with Crippen molar-refractivity contribution in [1.82, 2.24) is 15.0 Å². The number of anilines is 1. The molecule has 0 saturated heterocycles. The van der Waals surface area contributed by atoms with Gasteiger partial charge in [0.2, 0.25) is 0 Å². The van der Waals surface area contributed by atoms with Gasteiger partial charge in [-0.05, 0) is 24.6 Å². The lowest BCUT2D eigenvalue weighted by molar-refractivity contribution is 0.847. The highest BCUT2D eigenvalue weighted by molar-refractivity contribution is 5.45. The van der Waals surface area contributed by atoms with Crippen molar-refractivity contribution in [3.8, 4) is 0 Å². The second-order valence-electron chi connectivity index (χ2n) is 4.04. The summed E-state index contributed by atoms with van der Waals surface area (Å²) in [5, 5.41) is 0. The summed E-state index contributed by atoms with van der Waals surface area (Å²) in [6, 6.07) is 4.10. The Bertz CT molecular complexity index is 499. The summed E-state index contributed by atoms with van der Waals surface area (Å²) >= 11 is 0. The van der Waals surface area contributed by atoms with Crippen LogP contribution in [0.5, 0.6) is 0 Å². The van der Waals surface area contributed by atoms with E-state index in [9.17, 15) is 0 Å². The molecule has 3 heterocycles. The summed E-state index contributed by atoms with van der Waals surface area (Å²) in [4.78, 5) is 14.9. The third-order valence-corrected chi connectivity index (χ3v) is 2.81. The maximum atomic E-state index is 4.38. The van der Waals surface area contributed by atoms with E-state index in [1.54, 1.807) is 6.33 Å². The molecule has 3 rings (SSSR count). The number of pyridine rings is 1. The number of nitrogens with zero attached hydrogens (tertiary/aromatic N) is 4. The number of aryl methyl sites for hydroxylation is 1. The van der Waals surface area contributed by atoms with Crippen LogP contribution in [0.15, 0.2) is 30.9 Å². The van der Waals surface area contributed by atoms with Gasteiger partial charge in [-0.1, -0.05) is 0 Å². The molecule has 0 spiro atoms. The lowest BCUT2D eigenvalue weighted by Gasteiger charge is -2.15. The first-order valence-corrected chi connectivity index (χ1v) is 5.28. The van der Waals surface area contributed by atoms with Crippen molar-refractivity contribution >= 4 is 5.82 Å². The molecule has 2 aromatic heterocycles. The van der Waals surface area contributed by atoms with Crippen LogP contribution >= 0.6 is 0 Å². The fraction of sp³-hybridized carbons (Fsp3) is 0.250. The zero-order valence-corrected chi connectivity index (χ0v) is 9.09. The van der Waals surface area contributed by atoms with E-state index in [4.69, 9.17) is 0 Å². The Hall–Kier alpha value is -1.97. The number of aromatic nitrogens is 3. The van der Waals surface area contributed by atoms with Crippen LogP contribution in [0.3, 0.4) is 0 Å². The molecule has 0 N–H and O–H groups in total. The SMILES string of the molecule is Cc1ccnc(N2Cc3cncnc3C2)c1. The Morgan fingerprint density at radius 1 is 1.25 bits per heavy atom. The van der Waals surface area contributed by atoms with Crippen LogP contribution in [0.2, 0.25) is 0 Å². The Kier molecular flexibility index (Phi) is 2.06. The molecule has 2 aromatic rings. The Morgan fingerprint density at radius 3 is 3.00 bits per heavy atom. The Labute approximate surface area is 94.0 Å². The average Bonchev–Trinajstić information content (AvgIpc) is 2.72. The Balaban J connectivity index is 1.91. The third-order valence-electron chi connectivity index (χ3n) is 2.81. The van der Waals surface area contributed by atoms with E-state index in [1.807, 2.05) is 18.5 Å². The van der Waals surface area contributed by atoms with Crippen molar-refractivity contribution < 1.29 is 0 Å². The first kappa shape index (κ1) is 9.27. The molecule has 0 radical (unpaired) electrons. The van der Waals surface area contributed by atoms with Gasteiger partial charge in [0.15, 0.2) is 0 Å². The summed E-state index contributed by atoms with van der Waals surface area (Å²) in [5.41, 5.74) is 3.54. The fourth-order valence-corrected chi connectivity index (χ4v) is 1.96. The van der Waals surface area contributed by atoms with Gasteiger partial charge in [-0.25, -0.2) is 15.0 Å². The van der Waals surface area contributed by atoms with Gasteiger partial charge < -0.3 is 4.90 Å². The Morgan fingerprint density at radius 2 is 2.19 bits per heavy atom. The molecule has 0 amide bonds. The normalized spacial score (nSPS) is 13.9. The van der Waals surface area contributed by atoms with E-state index in [1.165, 1.54) is 11.1 Å². The second-order valence-corrected chi connectivity index (χ2v) is 4.04. The summed E-state index contributed by atoms with van der Waals surface area (Å²) in [7, 11) is 0. The molecule has 4 nitrogen and oxygen atoms in total. The van der Waals surface area contributed by atoms with E-state index < -0.39 is 0 Å². The van der Waals surface area contributed by atoms with Crippen LogP contribution in [0.25, 0.3) is 0 Å². The van der Waals surface area contributed by atoms with Crippen LogP contribution in [-0.4, -0.2) is 15.0 Å². The minimum atomic E-state index is 0.828. The topological polar surface area (TPSA) is 41.9 Å². The number of rotatable bonds is 1. The molecule has 0 saturated carbocycles. The van der Waals surface area contributed by atoms with Gasteiger partial charge >= 0.3 is 0 Å². The maximum absolute atomic E-state index is 4.38. The van der Waals surface area contributed by atoms with Gasteiger partial charge in [0.05, 0.1) is 12.2 Å². The molecule has 4 heteroatoms. The molecule has 0 bridgehead atoms. The highest BCUT2D eigenvalue weighted by Crippen LogP contribution is 2.24. The van der Waals surface area contributed by atoms with E-state index in [0.717, 1.165) is 24.6 Å². The van der Waals surface area contributed by atoms with Crippen molar-refractivity contribution in [2.45, 2.75) is 20.0 Å². The summed E-state index contributed by atoms with van der Waals surface area (Å²) in [6.07, 6.45) is 5.34. The molecular formula is C12H12N4. The molecule has 0 unspecified atom stereocenters. The molecule has 0 aliphatic carbocycles. The van der Waals surface area contributed by atoms with E-state index in [0.29, 0.717) is 0 Å². The molecule has 0 aromatic carbocycles. The van der Waals surface area contributed by atoms with Crippen LogP contribution in [0, 0.1) is 6.92 Å². The monoisotopic (exact) mass is 212 g/mol. The molecule has 80 valence electrons. The first-order valence-electron chi connectivity index (χ1n) is 5.28. The highest BCUT2D eigenvalue weighted by Gasteiger charge is 2.20. The first-order chi connectivity index (χ1) is 7.83. The van der Waals surface area contributed by atoms with E-state index in [2.05, 4.69) is 32.8 Å². The van der Waals surface area contributed by atoms with E-state index in [-0.39, 0.29) is 0 Å². The number of fused-ring (bicyclic) bond motifs is 1. The van der Waals surface area contributed by atoms with Crippen LogP contribution in [0.1, 0.15) is 16.8 Å². The number of hydrogen-bond donors (Lipinski definition) is 0. The maximum Gasteiger partial charge on any atom is 0.129 e. The smallest absolute Gasteiger partial charge is 0.129 e. The van der Waals surface area contributed by atoms with Gasteiger partial charge in [0.1, 0.15) is 12.1 Å². The molecular weight excluding hydrogens is 200 g/mol. The zero-order valence-electron chi connectivity index (χ0n) is 9.09. The van der Waals surface area contributed by atoms with Crippen molar-refractivity contribution in [2.75, 3.05) is 4.90 Å². The van der Waals surface area contributed by atoms with Gasteiger partial charge in [-0.15, -0.1) is 0 Å². The molecule has 0 fully saturated rings. The quantitative estimate of drug-likeness (QED) is 0.721. The van der Waals surface area contributed by atoms with Gasteiger partial charge in [0.25, 0.3) is 0 Å². The van der Waals surface area contributed by atoms with Crippen molar-refractivity contribution in [3.05, 3.63) is 47.7 Å². The molecule has 1 aliphatic rings. The standard InChI is InChI=1S/C12H12N4/c1-9-2-3-14-12(4-9)16-6-10-5-13-8-15-11(10)7-16/h2-5,8H,6-7H2,1H3. The summed E-state index contributed by atoms with van der Waals surface area (Å²) < 4.78 is 0. The zero-order chi connectivity index (χ0) is 11.0. The van der Waals surface area contributed by atoms with Gasteiger partial charge in [-0.2, -0.15) is 0 Å². The minimum Gasteiger partial charge on any atom is -0.346 e.